The molecular weight excluding hydrogens is 635 g/mol. The zero-order valence-electron chi connectivity index (χ0n) is 24.6. The lowest BCUT2D eigenvalue weighted by molar-refractivity contribution is 0.101. The van der Waals surface area contributed by atoms with Crippen LogP contribution in [0.5, 0.6) is 5.75 Å². The van der Waals surface area contributed by atoms with E-state index in [0.29, 0.717) is 60.3 Å². The lowest BCUT2D eigenvalue weighted by Crippen LogP contribution is -2.13. The van der Waals surface area contributed by atoms with Gasteiger partial charge in [0.2, 0.25) is 0 Å². The second-order valence-electron chi connectivity index (χ2n) is 10.7. The summed E-state index contributed by atoms with van der Waals surface area (Å²) >= 11 is 12.2. The van der Waals surface area contributed by atoms with Crippen LogP contribution in [-0.4, -0.2) is 22.7 Å². The van der Waals surface area contributed by atoms with E-state index in [0.717, 1.165) is 11.1 Å². The van der Waals surface area contributed by atoms with Crippen molar-refractivity contribution >= 4 is 74.3 Å². The van der Waals surface area contributed by atoms with Crippen molar-refractivity contribution in [1.82, 2.24) is 0 Å². The zero-order valence-corrected chi connectivity index (χ0v) is 26.1. The summed E-state index contributed by atoms with van der Waals surface area (Å²) in [5, 5.41) is 17.9. The average molecular weight is 662 g/mol. The van der Waals surface area contributed by atoms with Crippen LogP contribution in [0.15, 0.2) is 115 Å². The van der Waals surface area contributed by atoms with Crippen LogP contribution < -0.4 is 22.1 Å². The van der Waals surface area contributed by atoms with Crippen LogP contribution in [0.25, 0.3) is 21.9 Å². The van der Waals surface area contributed by atoms with Gasteiger partial charge in [-0.1, -0.05) is 65.7 Å². The molecule has 1 aliphatic rings. The number of ketones is 1. The third kappa shape index (κ3) is 6.46. The number of hydrogen-bond acceptors (Lipinski definition) is 6. The van der Waals surface area contributed by atoms with Gasteiger partial charge in [0.25, 0.3) is 11.8 Å². The van der Waals surface area contributed by atoms with Crippen LogP contribution in [0.3, 0.4) is 0 Å². The van der Waals surface area contributed by atoms with Gasteiger partial charge < -0.3 is 27.2 Å². The molecule has 0 spiro atoms. The first-order valence-corrected chi connectivity index (χ1v) is 15.1. The maximum atomic E-state index is 12.7. The van der Waals surface area contributed by atoms with E-state index < -0.39 is 5.91 Å². The number of nitrogens with one attached hydrogen (secondary N) is 2. The molecule has 0 bridgehead atoms. The molecular formula is C37H26Cl2N4O4. The quantitative estimate of drug-likeness (QED) is 0.120. The van der Waals surface area contributed by atoms with Gasteiger partial charge in [0.05, 0.1) is 27.0 Å². The summed E-state index contributed by atoms with van der Waals surface area (Å²) in [5.74, 6) is -1.03. The van der Waals surface area contributed by atoms with Gasteiger partial charge in [-0.2, -0.15) is 0 Å². The molecule has 0 heterocycles. The maximum absolute atomic E-state index is 12.7. The Morgan fingerprint density at radius 1 is 0.574 bits per heavy atom. The molecule has 0 saturated heterocycles. The number of nitrogen functional groups attached to an aromatic ring is 2. The first-order chi connectivity index (χ1) is 22.6. The Labute approximate surface area is 279 Å². The summed E-state index contributed by atoms with van der Waals surface area (Å²) in [4.78, 5) is 37.4. The van der Waals surface area contributed by atoms with E-state index >= 15 is 0 Å². The zero-order chi connectivity index (χ0) is 33.2. The smallest absolute Gasteiger partial charge is 0.259 e. The van der Waals surface area contributed by atoms with Crippen molar-refractivity contribution in [2.75, 3.05) is 22.1 Å². The van der Waals surface area contributed by atoms with E-state index in [1.54, 1.807) is 91.0 Å². The Morgan fingerprint density at radius 2 is 1.11 bits per heavy atom. The molecule has 2 amide bonds. The van der Waals surface area contributed by atoms with Gasteiger partial charge in [0, 0.05) is 28.1 Å². The van der Waals surface area contributed by atoms with E-state index in [-0.39, 0.29) is 23.0 Å². The molecule has 7 rings (SSSR count). The summed E-state index contributed by atoms with van der Waals surface area (Å²) in [7, 11) is 0. The number of carbonyl (C=O) groups is 3. The molecule has 10 heteroatoms. The average Bonchev–Trinajstić information content (AvgIpc) is 3.32. The fraction of sp³-hybridized carbons (Fsp3) is 0. The van der Waals surface area contributed by atoms with Crippen LogP contribution in [-0.2, 0) is 0 Å². The third-order valence-electron chi connectivity index (χ3n) is 7.57. The lowest BCUT2D eigenvalue weighted by Gasteiger charge is -2.11. The highest BCUT2D eigenvalue weighted by molar-refractivity contribution is 6.34. The number of carbonyl (C=O) groups excluding carboxylic acids is 3. The van der Waals surface area contributed by atoms with Crippen molar-refractivity contribution in [2.45, 2.75) is 0 Å². The van der Waals surface area contributed by atoms with E-state index in [4.69, 9.17) is 34.7 Å². The molecule has 0 aliphatic heterocycles. The number of rotatable bonds is 4. The number of fused-ring (bicyclic) bond motifs is 4. The summed E-state index contributed by atoms with van der Waals surface area (Å²) in [6.45, 7) is 0. The molecule has 0 atom stereocenters. The van der Waals surface area contributed by atoms with Crippen LogP contribution >= 0.6 is 23.2 Å². The maximum Gasteiger partial charge on any atom is 0.259 e. The SMILES string of the molecule is Nc1ccc2c(c1)C(=O)c1cc(N)ccc1-2.O=C(Nc1ccccc1Cl)c1ccc2cc(O)c(C(=O)Nc3ccccc3Cl)cc2c1. The van der Waals surface area contributed by atoms with E-state index in [1.165, 1.54) is 12.1 Å². The van der Waals surface area contributed by atoms with Crippen LogP contribution in [0.4, 0.5) is 22.7 Å². The largest absolute Gasteiger partial charge is 0.507 e. The van der Waals surface area contributed by atoms with Crippen molar-refractivity contribution in [1.29, 1.82) is 0 Å². The molecule has 6 aromatic carbocycles. The molecule has 8 nitrogen and oxygen atoms in total. The van der Waals surface area contributed by atoms with Gasteiger partial charge >= 0.3 is 0 Å². The summed E-state index contributed by atoms with van der Waals surface area (Å²) < 4.78 is 0. The second-order valence-corrected chi connectivity index (χ2v) is 11.6. The number of phenols is 1. The van der Waals surface area contributed by atoms with Gasteiger partial charge in [-0.05, 0) is 94.7 Å². The third-order valence-corrected chi connectivity index (χ3v) is 8.23. The molecule has 6 aromatic rings. The molecule has 0 fully saturated rings. The molecule has 0 aromatic heterocycles. The first kappa shape index (κ1) is 31.2. The molecule has 0 unspecified atom stereocenters. The number of amides is 2. The summed E-state index contributed by atoms with van der Waals surface area (Å²) in [6, 6.07) is 32.5. The number of aromatic hydroxyl groups is 1. The van der Waals surface area contributed by atoms with Gasteiger partial charge in [0.15, 0.2) is 5.78 Å². The van der Waals surface area contributed by atoms with Crippen molar-refractivity contribution in [3.8, 4) is 16.9 Å². The van der Waals surface area contributed by atoms with Gasteiger partial charge in [-0.25, -0.2) is 0 Å². The van der Waals surface area contributed by atoms with E-state index in [2.05, 4.69) is 10.6 Å². The van der Waals surface area contributed by atoms with Gasteiger partial charge in [-0.3, -0.25) is 14.4 Å². The molecule has 0 saturated carbocycles. The normalized spacial score (nSPS) is 11.2. The Hall–Kier alpha value is -5.83. The monoisotopic (exact) mass is 660 g/mol. The highest BCUT2D eigenvalue weighted by atomic mass is 35.5. The minimum absolute atomic E-state index is 0.00426. The minimum atomic E-state index is -0.515. The highest BCUT2D eigenvalue weighted by Crippen LogP contribution is 2.38. The van der Waals surface area contributed by atoms with Gasteiger partial charge in [-0.15, -0.1) is 0 Å². The molecule has 0 radical (unpaired) electrons. The molecule has 232 valence electrons. The number of phenolic OH excluding ortho intramolecular Hbond substituents is 1. The Morgan fingerprint density at radius 3 is 1.66 bits per heavy atom. The number of para-hydroxylation sites is 2. The van der Waals surface area contributed by atoms with Crippen molar-refractivity contribution in [3.05, 3.63) is 148 Å². The van der Waals surface area contributed by atoms with Crippen LogP contribution in [0.2, 0.25) is 10.0 Å². The fourth-order valence-electron chi connectivity index (χ4n) is 5.23. The predicted molar refractivity (Wildman–Crippen MR) is 189 cm³/mol. The number of anilines is 4. The Bertz CT molecular complexity index is 2180. The van der Waals surface area contributed by atoms with Crippen molar-refractivity contribution in [2.24, 2.45) is 0 Å². The van der Waals surface area contributed by atoms with Crippen molar-refractivity contribution in [3.63, 3.8) is 0 Å². The van der Waals surface area contributed by atoms with Gasteiger partial charge in [0.1, 0.15) is 5.75 Å². The number of halogens is 2. The lowest BCUT2D eigenvalue weighted by atomic mass is 10.0. The number of benzene rings is 6. The number of nitrogens with two attached hydrogens (primary N) is 2. The summed E-state index contributed by atoms with van der Waals surface area (Å²) in [5.41, 5.74) is 17.2. The highest BCUT2D eigenvalue weighted by Gasteiger charge is 2.26. The van der Waals surface area contributed by atoms with Crippen molar-refractivity contribution < 1.29 is 19.5 Å². The summed E-state index contributed by atoms with van der Waals surface area (Å²) in [6.07, 6.45) is 0. The minimum Gasteiger partial charge on any atom is -0.507 e. The van der Waals surface area contributed by atoms with Crippen LogP contribution in [0.1, 0.15) is 36.6 Å². The molecule has 7 N–H and O–H groups in total. The van der Waals surface area contributed by atoms with E-state index in [1.807, 2.05) is 12.1 Å². The topological polar surface area (TPSA) is 148 Å². The number of hydrogen-bond donors (Lipinski definition) is 5. The molecule has 1 aliphatic carbocycles. The fourth-order valence-corrected chi connectivity index (χ4v) is 5.60. The Balaban J connectivity index is 0.000000201. The predicted octanol–water partition coefficient (Wildman–Crippen LogP) is 8.42. The van der Waals surface area contributed by atoms with Crippen LogP contribution in [0, 0.1) is 0 Å². The molecule has 47 heavy (non-hydrogen) atoms. The second kappa shape index (κ2) is 12.9. The Kier molecular flexibility index (Phi) is 8.54. The first-order valence-electron chi connectivity index (χ1n) is 14.3. The standard InChI is InChI=1S/C24H16Cl2N2O3.C13H10N2O/c25-18-5-1-3-7-20(18)27-23(30)15-10-9-14-13-22(29)17(12-16(14)11-15)24(31)28-21-8-4-2-6-19(21)26;14-7-1-3-9-10-4-2-8(15)6-12(10)13(16)11(9)5-7/h1-13,29H,(H,27,30)(H,28,31);1-6H,14-15H2. The van der Waals surface area contributed by atoms with E-state index in [9.17, 15) is 19.5 Å².